The minimum Gasteiger partial charge on any atom is -0.504 e. The van der Waals surface area contributed by atoms with Gasteiger partial charge in [0, 0.05) is 10.9 Å². The van der Waals surface area contributed by atoms with Crippen molar-refractivity contribution in [2.75, 3.05) is 0 Å². The highest BCUT2D eigenvalue weighted by Gasteiger charge is 2.36. The number of aromatic hydroxyl groups is 3. The van der Waals surface area contributed by atoms with E-state index in [0.717, 1.165) is 12.8 Å². The Kier molecular flexibility index (Phi) is 3.95. The fourth-order valence-corrected chi connectivity index (χ4v) is 4.16. The number of carbonyl (C=O) groups is 1. The zero-order valence-corrected chi connectivity index (χ0v) is 14.3. The summed E-state index contributed by atoms with van der Waals surface area (Å²) in [6.45, 7) is 0. The van der Waals surface area contributed by atoms with E-state index in [2.05, 4.69) is 0 Å². The standard InChI is InChI=1S/C20H18O7/c21-13-7-5-11-15(9-3-1-2-4-10(9)20(25)26)12-6-8-14(22)17(24)19(12)27-18(11)16(13)23/h5-10,21,23-24H,1-4H2,(H,25,26)/t9-,10-/m1/s1. The van der Waals surface area contributed by atoms with Crippen LogP contribution < -0.4 is 5.43 Å². The lowest BCUT2D eigenvalue weighted by atomic mass is 9.73. The first-order chi connectivity index (χ1) is 12.9. The summed E-state index contributed by atoms with van der Waals surface area (Å²) < 4.78 is 5.59. The van der Waals surface area contributed by atoms with Crippen LogP contribution in [0, 0.1) is 5.92 Å². The van der Waals surface area contributed by atoms with E-state index in [9.17, 15) is 30.0 Å². The van der Waals surface area contributed by atoms with Gasteiger partial charge in [-0.2, -0.15) is 0 Å². The maximum Gasteiger partial charge on any atom is 0.307 e. The van der Waals surface area contributed by atoms with E-state index in [4.69, 9.17) is 4.42 Å². The third-order valence-corrected chi connectivity index (χ3v) is 5.44. The molecular weight excluding hydrogens is 352 g/mol. The molecule has 4 rings (SSSR count). The fraction of sp³-hybridized carbons (Fsp3) is 0.300. The van der Waals surface area contributed by atoms with E-state index < -0.39 is 34.6 Å². The predicted molar refractivity (Wildman–Crippen MR) is 96.4 cm³/mol. The average Bonchev–Trinajstić information content (AvgIpc) is 2.66. The monoisotopic (exact) mass is 370 g/mol. The molecule has 1 fully saturated rings. The Balaban J connectivity index is 2.13. The van der Waals surface area contributed by atoms with Gasteiger partial charge in [0.1, 0.15) is 0 Å². The highest BCUT2D eigenvalue weighted by molar-refractivity contribution is 5.95. The molecule has 2 aliphatic carbocycles. The van der Waals surface area contributed by atoms with Gasteiger partial charge in [0.25, 0.3) is 0 Å². The van der Waals surface area contributed by atoms with Crippen molar-refractivity contribution in [3.63, 3.8) is 0 Å². The Bertz CT molecular complexity index is 1080. The van der Waals surface area contributed by atoms with Crippen LogP contribution in [0.15, 0.2) is 33.5 Å². The van der Waals surface area contributed by atoms with Gasteiger partial charge in [-0.1, -0.05) is 12.8 Å². The number of phenolic OH excluding ortho intramolecular Hbond substituents is 3. The van der Waals surface area contributed by atoms with Gasteiger partial charge in [0.15, 0.2) is 17.1 Å². The van der Waals surface area contributed by atoms with E-state index in [1.165, 1.54) is 18.2 Å². The molecule has 140 valence electrons. The molecule has 7 heteroatoms. The number of carboxylic acids is 1. The Labute approximate surface area is 153 Å². The Morgan fingerprint density at radius 1 is 1.00 bits per heavy atom. The van der Waals surface area contributed by atoms with Gasteiger partial charge < -0.3 is 24.8 Å². The van der Waals surface area contributed by atoms with E-state index >= 15 is 0 Å². The van der Waals surface area contributed by atoms with Crippen LogP contribution in [0.25, 0.3) is 22.3 Å². The number of phenols is 3. The summed E-state index contributed by atoms with van der Waals surface area (Å²) in [6, 6.07) is 5.58. The van der Waals surface area contributed by atoms with Crippen LogP contribution in [0.3, 0.4) is 0 Å². The SMILES string of the molecule is O=C(O)[C@@H]1CCCC[C@H]1c1c2ccc(=O)c(O)c-2oc2c(O)c(O)ccc12. The lowest BCUT2D eigenvalue weighted by Crippen LogP contribution is -2.26. The molecule has 1 aromatic carbocycles. The van der Waals surface area contributed by atoms with Gasteiger partial charge in [0.05, 0.1) is 5.92 Å². The zero-order valence-electron chi connectivity index (χ0n) is 14.3. The summed E-state index contributed by atoms with van der Waals surface area (Å²) in [5.41, 5.74) is 0.300. The summed E-state index contributed by atoms with van der Waals surface area (Å²) in [5.74, 6) is -3.58. The first-order valence-corrected chi connectivity index (χ1v) is 8.76. The molecule has 0 saturated heterocycles. The first kappa shape index (κ1) is 17.2. The molecule has 27 heavy (non-hydrogen) atoms. The summed E-state index contributed by atoms with van der Waals surface area (Å²) in [6.07, 6.45) is 2.79. The molecular formula is C20H18O7. The summed E-state index contributed by atoms with van der Waals surface area (Å²) in [7, 11) is 0. The summed E-state index contributed by atoms with van der Waals surface area (Å²) >= 11 is 0. The van der Waals surface area contributed by atoms with Crippen LogP contribution >= 0.6 is 0 Å². The fourth-order valence-electron chi connectivity index (χ4n) is 4.16. The molecule has 0 bridgehead atoms. The molecule has 0 amide bonds. The van der Waals surface area contributed by atoms with Crippen molar-refractivity contribution in [2.24, 2.45) is 5.92 Å². The van der Waals surface area contributed by atoms with Gasteiger partial charge in [0.2, 0.25) is 16.9 Å². The van der Waals surface area contributed by atoms with Crippen LogP contribution in [0.4, 0.5) is 0 Å². The largest absolute Gasteiger partial charge is 0.504 e. The minimum atomic E-state index is -0.908. The topological polar surface area (TPSA) is 128 Å². The molecule has 0 radical (unpaired) electrons. The third kappa shape index (κ3) is 2.58. The maximum absolute atomic E-state index is 11.9. The van der Waals surface area contributed by atoms with Crippen LogP contribution in [0.2, 0.25) is 0 Å². The van der Waals surface area contributed by atoms with Crippen molar-refractivity contribution >= 4 is 16.9 Å². The number of carboxylic acid groups (broad SMARTS) is 1. The summed E-state index contributed by atoms with van der Waals surface area (Å²) in [4.78, 5) is 23.7. The quantitative estimate of drug-likeness (QED) is 0.402. The number of hydrogen-bond donors (Lipinski definition) is 4. The Morgan fingerprint density at radius 2 is 1.74 bits per heavy atom. The molecule has 1 saturated carbocycles. The molecule has 0 unspecified atom stereocenters. The van der Waals surface area contributed by atoms with Crippen LogP contribution in [0.5, 0.6) is 17.2 Å². The van der Waals surface area contributed by atoms with Gasteiger partial charge in [-0.3, -0.25) is 9.59 Å². The number of fused-ring (bicyclic) bond motifs is 2. The summed E-state index contributed by atoms with van der Waals surface area (Å²) in [5, 5.41) is 40.4. The van der Waals surface area contributed by atoms with Gasteiger partial charge in [-0.25, -0.2) is 0 Å². The third-order valence-electron chi connectivity index (χ3n) is 5.44. The van der Waals surface area contributed by atoms with Crippen LogP contribution in [0.1, 0.15) is 37.2 Å². The van der Waals surface area contributed by atoms with Crippen molar-refractivity contribution in [1.82, 2.24) is 0 Å². The van der Waals surface area contributed by atoms with Crippen molar-refractivity contribution in [2.45, 2.75) is 31.6 Å². The number of benzene rings is 2. The molecule has 3 aliphatic rings. The minimum absolute atomic E-state index is 0.0897. The van der Waals surface area contributed by atoms with E-state index in [-0.39, 0.29) is 17.3 Å². The Hall–Kier alpha value is -3.22. The molecule has 4 N–H and O–H groups in total. The van der Waals surface area contributed by atoms with Gasteiger partial charge >= 0.3 is 5.97 Å². The van der Waals surface area contributed by atoms with Crippen LogP contribution in [-0.4, -0.2) is 26.4 Å². The average molecular weight is 370 g/mol. The number of hydrogen-bond acceptors (Lipinski definition) is 6. The van der Waals surface area contributed by atoms with Gasteiger partial charge in [-0.15, -0.1) is 0 Å². The predicted octanol–water partition coefficient (Wildman–Crippen LogP) is 3.37. The number of aliphatic carboxylic acids is 1. The van der Waals surface area contributed by atoms with E-state index in [1.807, 2.05) is 0 Å². The molecule has 0 aromatic heterocycles. The van der Waals surface area contributed by atoms with E-state index in [1.54, 1.807) is 6.07 Å². The number of rotatable bonds is 2. The second kappa shape index (κ2) is 6.19. The van der Waals surface area contributed by atoms with E-state index in [0.29, 0.717) is 29.4 Å². The van der Waals surface area contributed by atoms with Crippen molar-refractivity contribution in [3.05, 3.63) is 40.1 Å². The lowest BCUT2D eigenvalue weighted by molar-refractivity contribution is -0.143. The molecule has 1 aliphatic heterocycles. The van der Waals surface area contributed by atoms with Gasteiger partial charge in [-0.05, 0) is 48.6 Å². The second-order valence-corrected chi connectivity index (χ2v) is 6.95. The first-order valence-electron chi connectivity index (χ1n) is 8.76. The van der Waals surface area contributed by atoms with Crippen molar-refractivity contribution in [1.29, 1.82) is 0 Å². The highest BCUT2D eigenvalue weighted by atomic mass is 16.4. The van der Waals surface area contributed by atoms with Crippen molar-refractivity contribution in [3.8, 4) is 28.6 Å². The maximum atomic E-state index is 11.9. The normalized spacial score (nSPS) is 20.1. The molecule has 1 heterocycles. The molecule has 0 spiro atoms. The second-order valence-electron chi connectivity index (χ2n) is 6.95. The molecule has 2 atom stereocenters. The van der Waals surface area contributed by atoms with Crippen LogP contribution in [-0.2, 0) is 4.79 Å². The lowest BCUT2D eigenvalue weighted by Gasteiger charge is -2.31. The highest BCUT2D eigenvalue weighted by Crippen LogP contribution is 2.49. The smallest absolute Gasteiger partial charge is 0.307 e. The zero-order chi connectivity index (χ0) is 19.3. The van der Waals surface area contributed by atoms with Crippen molar-refractivity contribution < 1.29 is 29.6 Å². The molecule has 7 nitrogen and oxygen atoms in total. The molecule has 1 aromatic rings. The Morgan fingerprint density at radius 3 is 2.48 bits per heavy atom.